The predicted octanol–water partition coefficient (Wildman–Crippen LogP) is 2.80. The summed E-state index contributed by atoms with van der Waals surface area (Å²) in [6, 6.07) is 25.3. The van der Waals surface area contributed by atoms with Crippen LogP contribution in [0.3, 0.4) is 0 Å². The van der Waals surface area contributed by atoms with E-state index < -0.39 is 0 Å². The van der Waals surface area contributed by atoms with Gasteiger partial charge in [0, 0.05) is 11.6 Å². The van der Waals surface area contributed by atoms with E-state index in [4.69, 9.17) is 0 Å². The van der Waals surface area contributed by atoms with Crippen LogP contribution in [0.25, 0.3) is 27.8 Å². The van der Waals surface area contributed by atoms with Gasteiger partial charge in [-0.05, 0) is 12.1 Å². The third-order valence-electron chi connectivity index (χ3n) is 3.79. The molecule has 0 radical (unpaired) electrons. The Kier molecular flexibility index (Phi) is 4.71. The molecular formula is C19H14CaN2O+2. The summed E-state index contributed by atoms with van der Waals surface area (Å²) in [5.41, 5.74) is 3.70. The number of hydrogen-bond donors (Lipinski definition) is 0. The van der Waals surface area contributed by atoms with Crippen molar-refractivity contribution in [2.24, 2.45) is 0 Å². The Labute approximate surface area is 164 Å². The van der Waals surface area contributed by atoms with Gasteiger partial charge in [0.25, 0.3) is 0 Å². The fourth-order valence-corrected chi connectivity index (χ4v) is 2.79. The fourth-order valence-electron chi connectivity index (χ4n) is 2.79. The zero-order valence-corrected chi connectivity index (χ0v) is 14.8. The van der Waals surface area contributed by atoms with Crippen LogP contribution in [0.15, 0.2) is 78.9 Å². The van der Waals surface area contributed by atoms with E-state index in [9.17, 15) is 5.11 Å². The molecule has 0 bridgehead atoms. The first-order valence-corrected chi connectivity index (χ1v) is 7.19. The first kappa shape index (κ1) is 16.1. The van der Waals surface area contributed by atoms with Crippen molar-refractivity contribution in [2.45, 2.75) is 0 Å². The van der Waals surface area contributed by atoms with Crippen LogP contribution in [0.1, 0.15) is 0 Å². The van der Waals surface area contributed by atoms with Crippen molar-refractivity contribution < 1.29 is 10.2 Å². The Morgan fingerprint density at radius 2 is 1.39 bits per heavy atom. The normalized spacial score (nSPS) is 10.4. The van der Waals surface area contributed by atoms with Crippen molar-refractivity contribution in [2.75, 3.05) is 0 Å². The minimum Gasteiger partial charge on any atom is -0.871 e. The molecule has 1 N–H and O–H groups in total. The van der Waals surface area contributed by atoms with Gasteiger partial charge >= 0.3 is 37.7 Å². The molecule has 0 spiro atoms. The number of fused-ring (bicyclic) bond motifs is 1. The topological polar surface area (TPSA) is 42.1 Å². The van der Waals surface area contributed by atoms with Crippen LogP contribution >= 0.6 is 0 Å². The minimum atomic E-state index is -0.00348. The second kappa shape index (κ2) is 6.75. The van der Waals surface area contributed by atoms with Gasteiger partial charge in [-0.1, -0.05) is 66.4 Å². The standard InChI is InChI=1S/C19H14N2O.Ca/c22-18-13-7-6-12-17(18)21-19(14-8-2-1-3-9-14)15-10-4-5-11-16(15)20-21;/h1-13,22H;/q;+2. The maximum absolute atomic E-state index is 12.2. The Bertz CT molecular complexity index is 948. The number of benzene rings is 3. The van der Waals surface area contributed by atoms with Crippen molar-refractivity contribution in [1.29, 1.82) is 0 Å². The molecule has 3 nitrogen and oxygen atoms in total. The SMILES string of the molecule is [Ca+2].[O-]c1ccccc1-n1[nH+]c2ccccc2c1-c1ccccc1. The van der Waals surface area contributed by atoms with Gasteiger partial charge in [-0.15, -0.1) is 9.78 Å². The fraction of sp³-hybridized carbons (Fsp3) is 0. The van der Waals surface area contributed by atoms with Gasteiger partial charge in [-0.3, -0.25) is 0 Å². The van der Waals surface area contributed by atoms with Crippen molar-refractivity contribution in [1.82, 2.24) is 4.68 Å². The van der Waals surface area contributed by atoms with E-state index in [0.717, 1.165) is 22.2 Å². The zero-order chi connectivity index (χ0) is 14.9. The molecule has 0 unspecified atom stereocenters. The summed E-state index contributed by atoms with van der Waals surface area (Å²) in [6.45, 7) is 0. The van der Waals surface area contributed by atoms with Crippen molar-refractivity contribution >= 4 is 48.6 Å². The monoisotopic (exact) mass is 326 g/mol. The number of nitrogens with one attached hydrogen (secondary N) is 1. The van der Waals surface area contributed by atoms with E-state index in [-0.39, 0.29) is 43.5 Å². The van der Waals surface area contributed by atoms with Crippen molar-refractivity contribution in [3.05, 3.63) is 78.9 Å². The Morgan fingerprint density at radius 3 is 2.17 bits per heavy atom. The van der Waals surface area contributed by atoms with E-state index in [1.54, 1.807) is 12.1 Å². The molecule has 4 rings (SSSR count). The molecule has 0 atom stereocenters. The van der Waals surface area contributed by atoms with Gasteiger partial charge < -0.3 is 5.11 Å². The molecular weight excluding hydrogens is 312 g/mol. The van der Waals surface area contributed by atoms with Crippen LogP contribution < -0.4 is 10.2 Å². The predicted molar refractivity (Wildman–Crippen MR) is 90.5 cm³/mol. The number of rotatable bonds is 2. The van der Waals surface area contributed by atoms with Gasteiger partial charge in [0.1, 0.15) is 5.69 Å². The Morgan fingerprint density at radius 1 is 0.739 bits per heavy atom. The minimum absolute atomic E-state index is 0. The summed E-state index contributed by atoms with van der Waals surface area (Å²) < 4.78 is 1.88. The quantitative estimate of drug-likeness (QED) is 0.522. The third-order valence-corrected chi connectivity index (χ3v) is 3.79. The molecule has 0 saturated carbocycles. The number of aromatic nitrogens is 2. The van der Waals surface area contributed by atoms with Crippen LogP contribution in [0.4, 0.5) is 0 Å². The molecule has 1 heterocycles. The van der Waals surface area contributed by atoms with Gasteiger partial charge in [0.2, 0.25) is 5.52 Å². The van der Waals surface area contributed by atoms with E-state index in [0.29, 0.717) is 5.69 Å². The smallest absolute Gasteiger partial charge is 0.871 e. The second-order valence-corrected chi connectivity index (χ2v) is 5.18. The molecule has 3 aromatic carbocycles. The van der Waals surface area contributed by atoms with Crippen LogP contribution in [-0.4, -0.2) is 42.4 Å². The van der Waals surface area contributed by atoms with Crippen LogP contribution in [-0.2, 0) is 0 Å². The average molecular weight is 326 g/mol. The maximum Gasteiger partial charge on any atom is 2.00 e. The Hall–Kier alpha value is -1.81. The summed E-state index contributed by atoms with van der Waals surface area (Å²) in [6.07, 6.45) is 0. The van der Waals surface area contributed by atoms with Gasteiger partial charge in [0.05, 0.1) is 11.1 Å². The molecule has 106 valence electrons. The summed E-state index contributed by atoms with van der Waals surface area (Å²) in [5, 5.41) is 16.7. The van der Waals surface area contributed by atoms with Gasteiger partial charge in [-0.25, -0.2) is 0 Å². The molecule has 4 aromatic rings. The molecule has 1 aromatic heterocycles. The second-order valence-electron chi connectivity index (χ2n) is 5.18. The van der Waals surface area contributed by atoms with Gasteiger partial charge in [-0.2, -0.15) is 0 Å². The summed E-state index contributed by atoms with van der Waals surface area (Å²) in [4.78, 5) is 0. The molecule has 0 aliphatic heterocycles. The molecule has 0 aliphatic rings. The maximum atomic E-state index is 12.2. The number of H-pyrrole nitrogens is 1. The van der Waals surface area contributed by atoms with E-state index in [1.807, 2.05) is 53.2 Å². The largest absolute Gasteiger partial charge is 2.00 e. The van der Waals surface area contributed by atoms with E-state index in [1.165, 1.54) is 0 Å². The summed E-state index contributed by atoms with van der Waals surface area (Å²) in [5.74, 6) is -0.00348. The molecule has 23 heavy (non-hydrogen) atoms. The zero-order valence-electron chi connectivity index (χ0n) is 12.6. The molecule has 0 amide bonds. The van der Waals surface area contributed by atoms with E-state index in [2.05, 4.69) is 23.3 Å². The number of aromatic amines is 1. The van der Waals surface area contributed by atoms with Crippen molar-refractivity contribution in [3.63, 3.8) is 0 Å². The van der Waals surface area contributed by atoms with Crippen molar-refractivity contribution in [3.8, 4) is 22.7 Å². The molecule has 0 fully saturated rings. The Balaban J connectivity index is 0.00000156. The summed E-state index contributed by atoms with van der Waals surface area (Å²) >= 11 is 0. The van der Waals surface area contributed by atoms with Gasteiger partial charge in [0.15, 0.2) is 0 Å². The number of para-hydroxylation sites is 3. The first-order valence-electron chi connectivity index (χ1n) is 7.19. The van der Waals surface area contributed by atoms with E-state index >= 15 is 0 Å². The third kappa shape index (κ3) is 2.88. The average Bonchev–Trinajstić information content (AvgIpc) is 2.95. The molecule has 4 heteroatoms. The number of nitrogens with zero attached hydrogens (tertiary/aromatic N) is 1. The van der Waals surface area contributed by atoms with Crippen LogP contribution in [0.2, 0.25) is 0 Å². The molecule has 0 aliphatic carbocycles. The van der Waals surface area contributed by atoms with Crippen LogP contribution in [0.5, 0.6) is 5.75 Å². The van der Waals surface area contributed by atoms with Crippen LogP contribution in [0, 0.1) is 0 Å². The summed E-state index contributed by atoms with van der Waals surface area (Å²) in [7, 11) is 0. The first-order chi connectivity index (χ1) is 10.8. The number of hydrogen-bond acceptors (Lipinski definition) is 1. The molecule has 0 saturated heterocycles.